The number of anilines is 2. The number of hydrogen-bond donors (Lipinski definition) is 1. The third-order valence-corrected chi connectivity index (χ3v) is 4.79. The van der Waals surface area contributed by atoms with E-state index < -0.39 is 0 Å². The number of carbonyl (C=O) groups excluding carboxylic acids is 2. The average Bonchev–Trinajstić information content (AvgIpc) is 3.10. The second-order valence-corrected chi connectivity index (χ2v) is 6.65. The molecule has 2 aliphatic rings. The van der Waals surface area contributed by atoms with Gasteiger partial charge in [0.1, 0.15) is 6.42 Å². The molecule has 0 atom stereocenters. The first-order chi connectivity index (χ1) is 11.6. The van der Waals surface area contributed by atoms with Gasteiger partial charge in [0.25, 0.3) is 0 Å². The summed E-state index contributed by atoms with van der Waals surface area (Å²) in [5.41, 5.74) is 1.94. The van der Waals surface area contributed by atoms with E-state index in [1.165, 1.54) is 18.5 Å². The van der Waals surface area contributed by atoms with Gasteiger partial charge in [-0.3, -0.25) is 9.59 Å². The second-order valence-electron chi connectivity index (χ2n) is 6.65. The highest BCUT2D eigenvalue weighted by molar-refractivity contribution is 6.03. The maximum absolute atomic E-state index is 12.2. The Morgan fingerprint density at radius 1 is 0.958 bits per heavy atom. The van der Waals surface area contributed by atoms with E-state index in [-0.39, 0.29) is 18.2 Å². The van der Waals surface area contributed by atoms with E-state index in [2.05, 4.69) is 15.1 Å². The zero-order chi connectivity index (χ0) is 16.9. The van der Waals surface area contributed by atoms with Crippen LogP contribution in [0.2, 0.25) is 0 Å². The molecule has 0 aliphatic carbocycles. The van der Waals surface area contributed by atoms with Crippen LogP contribution >= 0.6 is 0 Å². The van der Waals surface area contributed by atoms with Crippen molar-refractivity contribution in [3.8, 4) is 0 Å². The van der Waals surface area contributed by atoms with Crippen LogP contribution in [0.25, 0.3) is 0 Å². The average molecular weight is 330 g/mol. The molecule has 0 unspecified atom stereocenters. The van der Waals surface area contributed by atoms with Crippen molar-refractivity contribution in [3.05, 3.63) is 24.3 Å². The van der Waals surface area contributed by atoms with Gasteiger partial charge >= 0.3 is 0 Å². The van der Waals surface area contributed by atoms with E-state index >= 15 is 0 Å². The zero-order valence-corrected chi connectivity index (χ0v) is 14.3. The normalized spacial score (nSPS) is 18.7. The van der Waals surface area contributed by atoms with Gasteiger partial charge < -0.3 is 20.0 Å². The minimum Gasteiger partial charge on any atom is -0.372 e. The molecule has 2 fully saturated rings. The molecule has 24 heavy (non-hydrogen) atoms. The predicted molar refractivity (Wildman–Crippen MR) is 95.2 cm³/mol. The molecule has 0 saturated carbocycles. The molecular formula is C18H26N4O2. The number of benzene rings is 1. The largest absolute Gasteiger partial charge is 0.372 e. The summed E-state index contributed by atoms with van der Waals surface area (Å²) in [6, 6.07) is 7.88. The summed E-state index contributed by atoms with van der Waals surface area (Å²) < 4.78 is 0. The fourth-order valence-electron chi connectivity index (χ4n) is 3.24. The van der Waals surface area contributed by atoms with Gasteiger partial charge in [0, 0.05) is 50.6 Å². The Hall–Kier alpha value is -2.08. The zero-order valence-electron chi connectivity index (χ0n) is 14.3. The predicted octanol–water partition coefficient (Wildman–Crippen LogP) is 1.39. The van der Waals surface area contributed by atoms with Crippen molar-refractivity contribution in [2.24, 2.45) is 0 Å². The van der Waals surface area contributed by atoms with E-state index in [0.717, 1.165) is 31.9 Å². The van der Waals surface area contributed by atoms with E-state index in [1.807, 2.05) is 31.3 Å². The molecule has 1 aromatic carbocycles. The van der Waals surface area contributed by atoms with E-state index in [4.69, 9.17) is 0 Å². The Morgan fingerprint density at radius 3 is 2.21 bits per heavy atom. The lowest BCUT2D eigenvalue weighted by atomic mass is 10.2. The quantitative estimate of drug-likeness (QED) is 0.848. The molecule has 2 heterocycles. The first kappa shape index (κ1) is 16.8. The van der Waals surface area contributed by atoms with Crippen molar-refractivity contribution >= 4 is 23.2 Å². The Bertz CT molecular complexity index is 573. The molecular weight excluding hydrogens is 304 g/mol. The summed E-state index contributed by atoms with van der Waals surface area (Å²) in [6.45, 7) is 5.34. The van der Waals surface area contributed by atoms with E-state index in [9.17, 15) is 9.59 Å². The van der Waals surface area contributed by atoms with Crippen LogP contribution in [0.15, 0.2) is 24.3 Å². The van der Waals surface area contributed by atoms with Crippen molar-refractivity contribution in [1.82, 2.24) is 9.80 Å². The lowest BCUT2D eigenvalue weighted by molar-refractivity contribution is -0.135. The van der Waals surface area contributed by atoms with Crippen LogP contribution in [-0.4, -0.2) is 67.9 Å². The van der Waals surface area contributed by atoms with Crippen molar-refractivity contribution < 1.29 is 9.59 Å². The number of hydrogen-bond acceptors (Lipinski definition) is 4. The fourth-order valence-corrected chi connectivity index (χ4v) is 3.24. The Labute approximate surface area is 143 Å². The minimum absolute atomic E-state index is 0.0857. The molecule has 0 spiro atoms. The van der Waals surface area contributed by atoms with Crippen molar-refractivity contribution in [3.63, 3.8) is 0 Å². The van der Waals surface area contributed by atoms with Gasteiger partial charge in [-0.15, -0.1) is 0 Å². The maximum Gasteiger partial charge on any atom is 0.233 e. The summed E-state index contributed by atoms with van der Waals surface area (Å²) in [5, 5.41) is 2.82. The molecule has 0 radical (unpaired) electrons. The molecule has 2 saturated heterocycles. The minimum atomic E-state index is -0.243. The number of amides is 2. The van der Waals surface area contributed by atoms with Crippen LogP contribution in [-0.2, 0) is 9.59 Å². The number of rotatable bonds is 4. The molecule has 6 heteroatoms. The van der Waals surface area contributed by atoms with Crippen molar-refractivity contribution in [2.45, 2.75) is 19.3 Å². The first-order valence-corrected chi connectivity index (χ1v) is 8.73. The highest BCUT2D eigenvalue weighted by Crippen LogP contribution is 2.22. The van der Waals surface area contributed by atoms with E-state index in [1.54, 1.807) is 4.90 Å². The lowest BCUT2D eigenvalue weighted by Crippen LogP contribution is -2.47. The molecule has 2 aliphatic heterocycles. The fraction of sp³-hybridized carbons (Fsp3) is 0.556. The highest BCUT2D eigenvalue weighted by atomic mass is 16.2. The second kappa shape index (κ2) is 7.66. The summed E-state index contributed by atoms with van der Waals surface area (Å²) in [5.74, 6) is -0.331. The molecule has 130 valence electrons. The number of likely N-dealkylation sites (N-methyl/N-ethyl adjacent to an activating group) is 1. The topological polar surface area (TPSA) is 55.9 Å². The van der Waals surface area contributed by atoms with Gasteiger partial charge in [-0.1, -0.05) is 0 Å². The molecule has 0 bridgehead atoms. The standard InChI is InChI=1S/C18H26N4O2/c1-20-10-12-22(13-11-20)18(24)14-17(23)19-15-4-6-16(7-5-15)21-8-2-3-9-21/h4-7H,2-3,8-14H2,1H3,(H,19,23). The van der Waals surface area contributed by atoms with Gasteiger partial charge in [-0.05, 0) is 44.2 Å². The van der Waals surface area contributed by atoms with Crippen LogP contribution in [0.1, 0.15) is 19.3 Å². The third-order valence-electron chi connectivity index (χ3n) is 4.79. The Kier molecular flexibility index (Phi) is 5.35. The summed E-state index contributed by atoms with van der Waals surface area (Å²) in [7, 11) is 2.04. The van der Waals surface area contributed by atoms with Gasteiger partial charge in [0.2, 0.25) is 11.8 Å². The summed E-state index contributed by atoms with van der Waals surface area (Å²) in [4.78, 5) is 30.6. The summed E-state index contributed by atoms with van der Waals surface area (Å²) >= 11 is 0. The number of nitrogens with zero attached hydrogens (tertiary/aromatic N) is 3. The van der Waals surface area contributed by atoms with Crippen molar-refractivity contribution in [1.29, 1.82) is 0 Å². The first-order valence-electron chi connectivity index (χ1n) is 8.73. The number of carbonyl (C=O) groups is 2. The SMILES string of the molecule is CN1CCN(C(=O)CC(=O)Nc2ccc(N3CCCC3)cc2)CC1. The van der Waals surface area contributed by atoms with Gasteiger partial charge in [0.05, 0.1) is 0 Å². The maximum atomic E-state index is 12.2. The Balaban J connectivity index is 1.48. The lowest BCUT2D eigenvalue weighted by Gasteiger charge is -2.32. The highest BCUT2D eigenvalue weighted by Gasteiger charge is 2.21. The Morgan fingerprint density at radius 2 is 1.58 bits per heavy atom. The number of nitrogens with one attached hydrogen (secondary N) is 1. The van der Waals surface area contributed by atoms with Crippen LogP contribution in [0.5, 0.6) is 0 Å². The molecule has 2 amide bonds. The van der Waals surface area contributed by atoms with Crippen LogP contribution in [0.3, 0.4) is 0 Å². The molecule has 0 aromatic heterocycles. The van der Waals surface area contributed by atoms with Crippen molar-refractivity contribution in [2.75, 3.05) is 56.5 Å². The monoisotopic (exact) mass is 330 g/mol. The number of piperazine rings is 1. The summed E-state index contributed by atoms with van der Waals surface area (Å²) in [6.07, 6.45) is 2.40. The third kappa shape index (κ3) is 4.26. The van der Waals surface area contributed by atoms with Crippen LogP contribution in [0, 0.1) is 0 Å². The van der Waals surface area contributed by atoms with Crippen LogP contribution in [0.4, 0.5) is 11.4 Å². The van der Waals surface area contributed by atoms with Gasteiger partial charge in [0.15, 0.2) is 0 Å². The van der Waals surface area contributed by atoms with Crippen LogP contribution < -0.4 is 10.2 Å². The van der Waals surface area contributed by atoms with Gasteiger partial charge in [-0.2, -0.15) is 0 Å². The molecule has 1 aromatic rings. The molecule has 3 rings (SSSR count). The smallest absolute Gasteiger partial charge is 0.233 e. The van der Waals surface area contributed by atoms with E-state index in [0.29, 0.717) is 13.1 Å². The van der Waals surface area contributed by atoms with Gasteiger partial charge in [-0.25, -0.2) is 0 Å². The molecule has 1 N–H and O–H groups in total. The molecule has 6 nitrogen and oxygen atoms in total.